The van der Waals surface area contributed by atoms with Crippen molar-refractivity contribution in [3.63, 3.8) is 0 Å². The van der Waals surface area contributed by atoms with Crippen LogP contribution in [0, 0.1) is 17.8 Å². The first-order chi connectivity index (χ1) is 40.2. The first kappa shape index (κ1) is 65.0. The molecular weight excluding hydrogens is 1100 g/mol. The summed E-state index contributed by atoms with van der Waals surface area (Å²) >= 11 is 3.37. The summed E-state index contributed by atoms with van der Waals surface area (Å²) in [5.74, 6) is 2.93. The molecule has 1 N–H and O–H groups in total. The SMILES string of the molecule is CCOCC1CCC(N2CCC(N(C(=O)CBr)[C@@H]3CCCC[C@@H]3O)CC2)CC1.CCOCC1CCC(N2CCC(N3C(=O)COC4CCCCC43)CC2)CC1.CCOCC1CCC(N2CCC(N3C(=O)COC4CCCCC43)CC2)CC1. The van der Waals surface area contributed by atoms with Gasteiger partial charge in [-0.05, 0) is 193 Å². The number of hydrogen-bond donors (Lipinski definition) is 1. The smallest absolute Gasteiger partial charge is 0.249 e. The van der Waals surface area contributed by atoms with Crippen LogP contribution in [-0.4, -0.2) is 222 Å². The van der Waals surface area contributed by atoms with Crippen LogP contribution >= 0.6 is 15.9 Å². The van der Waals surface area contributed by atoms with E-state index in [2.05, 4.69) is 66.1 Å². The van der Waals surface area contributed by atoms with Crippen molar-refractivity contribution in [2.24, 2.45) is 17.8 Å². The van der Waals surface area contributed by atoms with E-state index in [-0.39, 0.29) is 35.9 Å². The Morgan fingerprint density at radius 3 is 1.20 bits per heavy atom. The van der Waals surface area contributed by atoms with Gasteiger partial charge in [0, 0.05) is 115 Å². The van der Waals surface area contributed by atoms with E-state index in [1.54, 1.807) is 0 Å². The maximum Gasteiger partial charge on any atom is 0.249 e. The van der Waals surface area contributed by atoms with Gasteiger partial charge >= 0.3 is 0 Å². The predicted molar refractivity (Wildman–Crippen MR) is 327 cm³/mol. The summed E-state index contributed by atoms with van der Waals surface area (Å²) < 4.78 is 28.6. The predicted octanol–water partition coefficient (Wildman–Crippen LogP) is 10.0. The third kappa shape index (κ3) is 17.7. The number of piperidine rings is 3. The molecule has 11 aliphatic rings. The van der Waals surface area contributed by atoms with Gasteiger partial charge in [0.2, 0.25) is 17.7 Å². The number of carbonyl (C=O) groups is 3. The molecule has 0 aromatic rings. The van der Waals surface area contributed by atoms with Crippen LogP contribution in [0.4, 0.5) is 0 Å². The lowest BCUT2D eigenvalue weighted by Gasteiger charge is -2.50. The second-order valence-electron chi connectivity index (χ2n) is 27.2. The number of alkyl halides is 1. The van der Waals surface area contributed by atoms with Gasteiger partial charge in [-0.15, -0.1) is 0 Å². The zero-order valence-electron chi connectivity index (χ0n) is 51.8. The molecule has 6 saturated carbocycles. The number of aliphatic hydroxyl groups excluding tert-OH is 1. The van der Waals surface area contributed by atoms with Crippen molar-refractivity contribution < 1.29 is 43.2 Å². The van der Waals surface area contributed by atoms with E-state index in [4.69, 9.17) is 23.7 Å². The number of morpholine rings is 2. The fraction of sp³-hybridized carbons (Fsp3) is 0.955. The lowest BCUT2D eigenvalue weighted by atomic mass is 9.84. The van der Waals surface area contributed by atoms with Crippen molar-refractivity contribution >= 4 is 33.7 Å². The number of aliphatic hydroxyl groups is 1. The number of rotatable bonds is 17. The van der Waals surface area contributed by atoms with E-state index in [1.807, 2.05) is 0 Å². The van der Waals surface area contributed by atoms with E-state index in [9.17, 15) is 19.5 Å². The molecule has 0 radical (unpaired) electrons. The molecule has 0 aromatic carbocycles. The normalized spacial score (nSPS) is 35.4. The van der Waals surface area contributed by atoms with E-state index in [0.717, 1.165) is 199 Å². The Balaban J connectivity index is 0.000000148. The average Bonchev–Trinajstić information content (AvgIpc) is 3.71. The highest BCUT2D eigenvalue weighted by Crippen LogP contribution is 2.38. The van der Waals surface area contributed by atoms with E-state index in [1.165, 1.54) is 103 Å². The molecule has 0 spiro atoms. The topological polar surface area (TPSA) is 137 Å². The third-order valence-corrected chi connectivity index (χ3v) is 22.7. The van der Waals surface area contributed by atoms with Gasteiger partial charge in [0.25, 0.3) is 0 Å². The van der Waals surface area contributed by atoms with Crippen molar-refractivity contribution in [2.75, 3.05) is 97.5 Å². The summed E-state index contributed by atoms with van der Waals surface area (Å²) in [4.78, 5) is 52.7. The maximum absolute atomic E-state index is 12.7. The molecule has 470 valence electrons. The van der Waals surface area contributed by atoms with Crippen LogP contribution < -0.4 is 0 Å². The van der Waals surface area contributed by atoms with Crippen LogP contribution in [0.3, 0.4) is 0 Å². The summed E-state index contributed by atoms with van der Waals surface area (Å²) in [6.45, 7) is 19.0. The van der Waals surface area contributed by atoms with E-state index < -0.39 is 0 Å². The van der Waals surface area contributed by atoms with Crippen molar-refractivity contribution in [3.05, 3.63) is 0 Å². The lowest BCUT2D eigenvalue weighted by Crippen LogP contribution is -2.61. The zero-order valence-corrected chi connectivity index (χ0v) is 53.3. The number of nitrogens with zero attached hydrogens (tertiary/aromatic N) is 6. The highest BCUT2D eigenvalue weighted by molar-refractivity contribution is 9.09. The van der Waals surface area contributed by atoms with Crippen LogP contribution in [0.1, 0.15) is 213 Å². The van der Waals surface area contributed by atoms with E-state index in [0.29, 0.717) is 61.0 Å². The molecule has 5 saturated heterocycles. The minimum atomic E-state index is -0.351. The molecule has 3 amide bonds. The second-order valence-corrected chi connectivity index (χ2v) is 27.7. The number of likely N-dealkylation sites (tertiary alicyclic amines) is 3. The van der Waals surface area contributed by atoms with E-state index >= 15 is 0 Å². The molecule has 0 bridgehead atoms. The summed E-state index contributed by atoms with van der Waals surface area (Å²) in [5.41, 5.74) is 0. The Hall–Kier alpha value is -1.47. The van der Waals surface area contributed by atoms with Gasteiger partial charge in [-0.1, -0.05) is 54.5 Å². The summed E-state index contributed by atoms with van der Waals surface area (Å²) in [5, 5.41) is 10.9. The first-order valence-corrected chi connectivity index (χ1v) is 35.6. The molecule has 6 atom stereocenters. The molecule has 5 heterocycles. The third-order valence-electron chi connectivity index (χ3n) is 22.3. The molecule has 4 unspecified atom stereocenters. The number of amides is 3. The van der Waals surface area contributed by atoms with Gasteiger partial charge in [0.05, 0.1) is 41.8 Å². The number of fused-ring (bicyclic) bond motifs is 2. The number of ether oxygens (including phenoxy) is 5. The average molecular weight is 1220 g/mol. The molecule has 16 heteroatoms. The number of hydrogen-bond acceptors (Lipinski definition) is 12. The van der Waals surface area contributed by atoms with Crippen LogP contribution in [-0.2, 0) is 38.1 Å². The van der Waals surface area contributed by atoms with Crippen molar-refractivity contribution in [1.29, 1.82) is 0 Å². The Morgan fingerprint density at radius 1 is 0.476 bits per heavy atom. The molecule has 15 nitrogen and oxygen atoms in total. The van der Waals surface area contributed by atoms with Crippen LogP contribution in [0.5, 0.6) is 0 Å². The molecule has 6 aliphatic carbocycles. The molecule has 82 heavy (non-hydrogen) atoms. The molecule has 5 aliphatic heterocycles. The standard InChI is InChI=1S/C22H39BrN2O3.2C22H38N2O3/c1-2-28-16-17-7-9-18(10-8-17)24-13-11-19(12-14-24)25(22(27)15-23)20-5-3-4-6-21(20)26;2*1-2-26-15-17-7-9-18(10-8-17)23-13-11-19(12-14-23)24-20-5-3-4-6-21(20)27-16-22(24)25/h17-21,26H,2-16H2,1H3;2*17-21H,2-16H2,1H3/t17?,18?,20-,21+;;/m1../s1. The zero-order chi connectivity index (χ0) is 57.2. The summed E-state index contributed by atoms with van der Waals surface area (Å²) in [7, 11) is 0. The molecule has 11 fully saturated rings. The highest BCUT2D eigenvalue weighted by atomic mass is 79.9. The fourth-order valence-electron chi connectivity index (χ4n) is 17.6. The molecular formula is C66H115BrN6O9. The fourth-order valence-corrected chi connectivity index (χ4v) is 17.9. The Morgan fingerprint density at radius 2 is 0.829 bits per heavy atom. The second kappa shape index (κ2) is 33.8. The van der Waals surface area contributed by atoms with Gasteiger partial charge in [0.1, 0.15) is 13.2 Å². The van der Waals surface area contributed by atoms with Crippen LogP contribution in [0.2, 0.25) is 0 Å². The Kier molecular flexibility index (Phi) is 26.8. The quantitative estimate of drug-likeness (QED) is 0.139. The maximum atomic E-state index is 12.7. The molecule has 11 rings (SSSR count). The van der Waals surface area contributed by atoms with Crippen molar-refractivity contribution in [2.45, 2.75) is 286 Å². The minimum absolute atomic E-state index is 0.0179. The van der Waals surface area contributed by atoms with Gasteiger partial charge in [-0.3, -0.25) is 14.4 Å². The van der Waals surface area contributed by atoms with Crippen molar-refractivity contribution in [3.8, 4) is 0 Å². The van der Waals surface area contributed by atoms with Gasteiger partial charge in [-0.2, -0.15) is 0 Å². The monoisotopic (exact) mass is 1210 g/mol. The number of halogens is 1. The minimum Gasteiger partial charge on any atom is -0.391 e. The van der Waals surface area contributed by atoms with Gasteiger partial charge in [-0.25, -0.2) is 0 Å². The first-order valence-electron chi connectivity index (χ1n) is 34.5. The largest absolute Gasteiger partial charge is 0.391 e. The lowest BCUT2D eigenvalue weighted by molar-refractivity contribution is -0.167. The Labute approximate surface area is 505 Å². The van der Waals surface area contributed by atoms with Crippen LogP contribution in [0.15, 0.2) is 0 Å². The number of carbonyl (C=O) groups excluding carboxylic acids is 3. The summed E-state index contributed by atoms with van der Waals surface area (Å²) in [6.07, 6.45) is 36.2. The molecule has 0 aromatic heterocycles. The van der Waals surface area contributed by atoms with Crippen LogP contribution in [0.25, 0.3) is 0 Å². The Bertz CT molecular complexity index is 1770. The van der Waals surface area contributed by atoms with Gasteiger partial charge < -0.3 is 58.2 Å². The van der Waals surface area contributed by atoms with Gasteiger partial charge in [0.15, 0.2) is 0 Å². The summed E-state index contributed by atoms with van der Waals surface area (Å²) in [6, 6.07) is 4.11. The highest BCUT2D eigenvalue weighted by Gasteiger charge is 2.45. The van der Waals surface area contributed by atoms with Crippen molar-refractivity contribution in [1.82, 2.24) is 29.4 Å².